The zero-order chi connectivity index (χ0) is 19.9. The van der Waals surface area contributed by atoms with Crippen LogP contribution in [0.2, 0.25) is 5.02 Å². The Morgan fingerprint density at radius 1 is 1.07 bits per heavy atom. The van der Waals surface area contributed by atoms with Crippen LogP contribution in [-0.4, -0.2) is 44.0 Å². The van der Waals surface area contributed by atoms with Crippen LogP contribution in [0.1, 0.15) is 28.3 Å². The highest BCUT2D eigenvalue weighted by atomic mass is 35.5. The molecule has 8 heteroatoms. The van der Waals surface area contributed by atoms with Gasteiger partial charge in [0.05, 0.1) is 29.2 Å². The first-order valence-electron chi connectivity index (χ1n) is 8.82. The van der Waals surface area contributed by atoms with Gasteiger partial charge in [-0.15, -0.1) is 0 Å². The lowest BCUT2D eigenvalue weighted by atomic mass is 9.89. The average molecular weight is 417 g/mol. The lowest BCUT2D eigenvalue weighted by molar-refractivity contribution is -0.118. The third-order valence-electron chi connectivity index (χ3n) is 4.95. The van der Waals surface area contributed by atoms with Gasteiger partial charge in [-0.05, 0) is 42.3 Å². The molecule has 0 aromatic heterocycles. The van der Waals surface area contributed by atoms with E-state index in [4.69, 9.17) is 11.6 Å². The van der Waals surface area contributed by atoms with Gasteiger partial charge in [-0.1, -0.05) is 29.8 Å². The quantitative estimate of drug-likeness (QED) is 0.569. The number of aliphatic imine (C=N–C) groups is 1. The molecule has 0 radical (unpaired) electrons. The van der Waals surface area contributed by atoms with Gasteiger partial charge in [0.25, 0.3) is 5.91 Å². The molecule has 2 aromatic carbocycles. The van der Waals surface area contributed by atoms with E-state index in [0.29, 0.717) is 28.3 Å². The second-order valence-electron chi connectivity index (χ2n) is 6.88. The summed E-state index contributed by atoms with van der Waals surface area (Å²) in [6, 6.07) is 13.0. The summed E-state index contributed by atoms with van der Waals surface area (Å²) in [7, 11) is -3.06. The number of nitrogens with zero attached hydrogens (tertiary/aromatic N) is 2. The van der Waals surface area contributed by atoms with Crippen LogP contribution in [0.5, 0.6) is 0 Å². The average Bonchev–Trinajstić information content (AvgIpc) is 3.02. The van der Waals surface area contributed by atoms with E-state index in [1.165, 1.54) is 6.21 Å². The van der Waals surface area contributed by atoms with Crippen molar-refractivity contribution in [3.05, 3.63) is 64.7 Å². The molecule has 144 valence electrons. The van der Waals surface area contributed by atoms with Crippen molar-refractivity contribution in [2.24, 2.45) is 4.99 Å². The van der Waals surface area contributed by atoms with Crippen molar-refractivity contribution >= 4 is 45.2 Å². The Morgan fingerprint density at radius 3 is 2.46 bits per heavy atom. The number of rotatable bonds is 3. The first-order chi connectivity index (χ1) is 13.4. The van der Waals surface area contributed by atoms with E-state index in [0.717, 1.165) is 4.90 Å². The number of hydrogen-bond acceptors (Lipinski definition) is 5. The van der Waals surface area contributed by atoms with Crippen molar-refractivity contribution in [1.82, 2.24) is 0 Å². The molecule has 2 aliphatic heterocycles. The maximum atomic E-state index is 13.2. The van der Waals surface area contributed by atoms with Crippen molar-refractivity contribution in [3.63, 3.8) is 0 Å². The van der Waals surface area contributed by atoms with Crippen LogP contribution < -0.4 is 4.90 Å². The van der Waals surface area contributed by atoms with Crippen molar-refractivity contribution in [1.29, 1.82) is 0 Å². The molecule has 0 saturated carbocycles. The fourth-order valence-corrected chi connectivity index (χ4v) is 5.30. The minimum Gasteiger partial charge on any atom is -0.292 e. The molecule has 2 atom stereocenters. The van der Waals surface area contributed by atoms with Gasteiger partial charge in [-0.2, -0.15) is 0 Å². The minimum absolute atomic E-state index is 0.00805. The molecule has 1 saturated heterocycles. The van der Waals surface area contributed by atoms with Gasteiger partial charge in [0, 0.05) is 16.8 Å². The highest BCUT2D eigenvalue weighted by Gasteiger charge is 2.39. The number of amides is 2. The largest absolute Gasteiger partial charge is 0.292 e. The Balaban J connectivity index is 1.72. The summed E-state index contributed by atoms with van der Waals surface area (Å²) in [4.78, 5) is 31.6. The number of anilines is 1. The van der Waals surface area contributed by atoms with Crippen LogP contribution >= 0.6 is 11.6 Å². The summed E-state index contributed by atoms with van der Waals surface area (Å²) in [6.45, 7) is 0. The van der Waals surface area contributed by atoms with Crippen molar-refractivity contribution < 1.29 is 18.0 Å². The number of carbonyl (C=O) groups excluding carboxylic acids is 2. The number of fused-ring (bicyclic) bond motifs is 1. The highest BCUT2D eigenvalue weighted by molar-refractivity contribution is 7.91. The molecule has 0 bridgehead atoms. The number of halogens is 1. The molecule has 0 N–H and O–H groups in total. The molecule has 2 heterocycles. The van der Waals surface area contributed by atoms with Gasteiger partial charge in [-0.25, -0.2) is 13.3 Å². The molecule has 0 aliphatic carbocycles. The first-order valence-corrected chi connectivity index (χ1v) is 11.0. The van der Waals surface area contributed by atoms with Gasteiger partial charge >= 0.3 is 0 Å². The summed E-state index contributed by atoms with van der Waals surface area (Å²) < 4.78 is 23.3. The van der Waals surface area contributed by atoms with Gasteiger partial charge < -0.3 is 0 Å². The fourth-order valence-electron chi connectivity index (χ4n) is 3.54. The molecule has 0 spiro atoms. The van der Waals surface area contributed by atoms with Gasteiger partial charge in [0.2, 0.25) is 5.91 Å². The molecule has 28 heavy (non-hydrogen) atoms. The van der Waals surface area contributed by atoms with Crippen molar-refractivity contribution in [2.75, 3.05) is 16.4 Å². The minimum atomic E-state index is -3.06. The summed E-state index contributed by atoms with van der Waals surface area (Å²) in [5.41, 5.74) is 1.43. The van der Waals surface area contributed by atoms with E-state index in [1.807, 2.05) is 0 Å². The molecule has 4 rings (SSSR count). The number of carbonyl (C=O) groups is 2. The Labute approximate surface area is 167 Å². The molecular formula is C20H17ClN2O4S. The van der Waals surface area contributed by atoms with E-state index in [9.17, 15) is 18.0 Å². The van der Waals surface area contributed by atoms with E-state index in [2.05, 4.69) is 4.99 Å². The third kappa shape index (κ3) is 3.47. The molecule has 0 unspecified atom stereocenters. The lowest BCUT2D eigenvalue weighted by Gasteiger charge is -2.31. The van der Waals surface area contributed by atoms with Gasteiger partial charge in [0.15, 0.2) is 9.84 Å². The smallest absolute Gasteiger partial charge is 0.265 e. The summed E-state index contributed by atoms with van der Waals surface area (Å²) in [6.07, 6.45) is 1.93. The van der Waals surface area contributed by atoms with E-state index >= 15 is 0 Å². The van der Waals surface area contributed by atoms with E-state index in [1.54, 1.807) is 48.5 Å². The number of imide groups is 1. The number of hydrogen-bond donors (Lipinski definition) is 0. The Bertz CT molecular complexity index is 1080. The normalized spacial score (nSPS) is 24.0. The maximum absolute atomic E-state index is 13.2. The second-order valence-corrected chi connectivity index (χ2v) is 9.54. The fraction of sp³-hybridized carbons (Fsp3) is 0.250. The van der Waals surface area contributed by atoms with Crippen LogP contribution in [0.25, 0.3) is 0 Å². The predicted octanol–water partition coefficient (Wildman–Crippen LogP) is 2.87. The third-order valence-corrected chi connectivity index (χ3v) is 6.96. The topological polar surface area (TPSA) is 83.9 Å². The Morgan fingerprint density at radius 2 is 1.79 bits per heavy atom. The highest BCUT2D eigenvalue weighted by Crippen LogP contribution is 2.32. The Hall–Kier alpha value is -2.51. The van der Waals surface area contributed by atoms with E-state index in [-0.39, 0.29) is 17.5 Å². The van der Waals surface area contributed by atoms with Crippen LogP contribution in [0.4, 0.5) is 5.69 Å². The molecule has 2 aromatic rings. The van der Waals surface area contributed by atoms with E-state index < -0.39 is 27.6 Å². The van der Waals surface area contributed by atoms with Crippen LogP contribution in [-0.2, 0) is 14.6 Å². The number of benzene rings is 2. The van der Waals surface area contributed by atoms with Gasteiger partial charge in [-0.3, -0.25) is 14.6 Å². The second kappa shape index (κ2) is 7.14. The van der Waals surface area contributed by atoms with Gasteiger partial charge in [0.1, 0.15) is 0 Å². The first kappa shape index (κ1) is 18.8. The SMILES string of the molecule is O=C1c2ccccc2[C@H](C=N[C@@H]2CCS(=O)(=O)C2)C(=O)N1c1ccc(Cl)cc1. The standard InChI is InChI=1S/C20H17ClN2O4S/c21-13-5-7-15(8-6-13)23-19(24)17-4-2-1-3-16(17)18(20(23)25)11-22-14-9-10-28(26,27)12-14/h1-8,11,14,18H,9-10,12H2/t14-,18+/m1/s1. The summed E-state index contributed by atoms with van der Waals surface area (Å²) >= 11 is 5.92. The predicted molar refractivity (Wildman–Crippen MR) is 108 cm³/mol. The summed E-state index contributed by atoms with van der Waals surface area (Å²) in [5, 5.41) is 0.501. The zero-order valence-corrected chi connectivity index (χ0v) is 16.4. The lowest BCUT2D eigenvalue weighted by Crippen LogP contribution is -2.45. The monoisotopic (exact) mass is 416 g/mol. The molecular weight excluding hydrogens is 400 g/mol. The van der Waals surface area contributed by atoms with Crippen LogP contribution in [0, 0.1) is 0 Å². The van der Waals surface area contributed by atoms with Crippen LogP contribution in [0.15, 0.2) is 53.5 Å². The maximum Gasteiger partial charge on any atom is 0.265 e. The Kier molecular flexibility index (Phi) is 4.81. The van der Waals surface area contributed by atoms with Crippen molar-refractivity contribution in [2.45, 2.75) is 18.4 Å². The molecule has 2 amide bonds. The number of sulfone groups is 1. The zero-order valence-electron chi connectivity index (χ0n) is 14.8. The van der Waals surface area contributed by atoms with Crippen molar-refractivity contribution in [3.8, 4) is 0 Å². The van der Waals surface area contributed by atoms with Crippen LogP contribution in [0.3, 0.4) is 0 Å². The molecule has 1 fully saturated rings. The molecule has 2 aliphatic rings. The summed E-state index contributed by atoms with van der Waals surface area (Å²) in [5.74, 6) is -1.48. The molecule has 6 nitrogen and oxygen atoms in total.